The van der Waals surface area contributed by atoms with E-state index in [1.807, 2.05) is 42.2 Å². The Morgan fingerprint density at radius 1 is 1.07 bits per heavy atom. The van der Waals surface area contributed by atoms with Crippen molar-refractivity contribution >= 4 is 17.4 Å². The van der Waals surface area contributed by atoms with Crippen molar-refractivity contribution in [2.24, 2.45) is 0 Å². The Balaban J connectivity index is 1.44. The molecule has 1 aliphatic rings. The molecule has 3 aromatic carbocycles. The quantitative estimate of drug-likeness (QED) is 0.116. The van der Waals surface area contributed by atoms with E-state index in [0.717, 1.165) is 11.1 Å². The number of imidazole rings is 1. The van der Waals surface area contributed by atoms with Gasteiger partial charge in [-0.25, -0.2) is 4.57 Å². The van der Waals surface area contributed by atoms with Gasteiger partial charge < -0.3 is 24.6 Å². The van der Waals surface area contributed by atoms with E-state index in [9.17, 15) is 19.8 Å². The molecular formula is C32H32N3O6+. The molecule has 1 amide bonds. The number of aromatic amines is 1. The number of aromatic nitrogens is 2. The van der Waals surface area contributed by atoms with Gasteiger partial charge in [0.05, 0.1) is 25.3 Å². The second kappa shape index (κ2) is 12.0. The predicted molar refractivity (Wildman–Crippen MR) is 151 cm³/mol. The van der Waals surface area contributed by atoms with Gasteiger partial charge in [0.25, 0.3) is 11.7 Å². The van der Waals surface area contributed by atoms with E-state index in [4.69, 9.17) is 9.47 Å². The fourth-order valence-corrected chi connectivity index (χ4v) is 5.04. The van der Waals surface area contributed by atoms with Crippen molar-refractivity contribution in [1.82, 2.24) is 9.88 Å². The first-order chi connectivity index (χ1) is 19.9. The van der Waals surface area contributed by atoms with Crippen LogP contribution in [-0.2, 0) is 22.7 Å². The molecule has 9 heteroatoms. The molecule has 0 aliphatic carbocycles. The lowest BCUT2D eigenvalue weighted by Gasteiger charge is -2.25. The number of ether oxygens (including phenoxy) is 2. The Hall–Kier alpha value is -5.05. The topological polar surface area (TPSA) is 116 Å². The van der Waals surface area contributed by atoms with Crippen LogP contribution in [0.15, 0.2) is 91.0 Å². The molecular weight excluding hydrogens is 522 g/mol. The van der Waals surface area contributed by atoms with Crippen LogP contribution in [0.3, 0.4) is 0 Å². The number of hydrogen-bond acceptors (Lipinski definition) is 6. The number of nitrogens with zero attached hydrogens (tertiary/aromatic N) is 2. The van der Waals surface area contributed by atoms with E-state index < -0.39 is 17.7 Å². The van der Waals surface area contributed by atoms with Crippen LogP contribution in [0.5, 0.6) is 17.2 Å². The first-order valence-electron chi connectivity index (χ1n) is 13.3. The van der Waals surface area contributed by atoms with Crippen LogP contribution in [0.1, 0.15) is 34.7 Å². The number of aliphatic hydroxyl groups excluding tert-OH is 1. The zero-order valence-electron chi connectivity index (χ0n) is 22.9. The molecule has 0 bridgehead atoms. The van der Waals surface area contributed by atoms with E-state index in [2.05, 4.69) is 11.1 Å². The summed E-state index contributed by atoms with van der Waals surface area (Å²) in [7, 11) is 1.42. The largest absolute Gasteiger partial charge is 0.507 e. The van der Waals surface area contributed by atoms with Crippen LogP contribution in [0.25, 0.3) is 5.76 Å². The van der Waals surface area contributed by atoms with Crippen LogP contribution in [0.2, 0.25) is 0 Å². The molecule has 41 heavy (non-hydrogen) atoms. The van der Waals surface area contributed by atoms with E-state index in [-0.39, 0.29) is 29.4 Å². The van der Waals surface area contributed by atoms with Gasteiger partial charge in [0, 0.05) is 18.5 Å². The molecule has 0 saturated carbocycles. The summed E-state index contributed by atoms with van der Waals surface area (Å²) in [5.74, 6) is -1.02. The second-order valence-corrected chi connectivity index (χ2v) is 9.93. The summed E-state index contributed by atoms with van der Waals surface area (Å²) in [6, 6.07) is 18.6. The third-order valence-electron chi connectivity index (χ3n) is 7.09. The summed E-state index contributed by atoms with van der Waals surface area (Å²) in [6.07, 6.45) is 6.07. The highest BCUT2D eigenvalue weighted by Gasteiger charge is 2.46. The molecule has 210 valence electrons. The molecule has 1 aliphatic heterocycles. The summed E-state index contributed by atoms with van der Waals surface area (Å²) in [4.78, 5) is 31.1. The van der Waals surface area contributed by atoms with E-state index in [1.54, 1.807) is 42.6 Å². The Morgan fingerprint density at radius 2 is 1.88 bits per heavy atom. The number of benzene rings is 3. The van der Waals surface area contributed by atoms with Crippen LogP contribution >= 0.6 is 0 Å². The lowest BCUT2D eigenvalue weighted by atomic mass is 9.95. The maximum Gasteiger partial charge on any atom is 0.295 e. The number of rotatable bonds is 10. The minimum Gasteiger partial charge on any atom is -0.507 e. The van der Waals surface area contributed by atoms with Crippen LogP contribution in [-0.4, -0.2) is 45.4 Å². The van der Waals surface area contributed by atoms with E-state index >= 15 is 0 Å². The monoisotopic (exact) mass is 554 g/mol. The minimum absolute atomic E-state index is 0.0227. The summed E-state index contributed by atoms with van der Waals surface area (Å²) >= 11 is 0. The Bertz CT molecular complexity index is 1580. The number of hydrogen-bond donors (Lipinski definition) is 3. The number of likely N-dealkylation sites (tertiary alicyclic amines) is 1. The van der Waals surface area contributed by atoms with Gasteiger partial charge in [0.2, 0.25) is 6.33 Å². The van der Waals surface area contributed by atoms with Crippen molar-refractivity contribution in [3.8, 4) is 17.2 Å². The highest BCUT2D eigenvalue weighted by molar-refractivity contribution is 6.46. The Morgan fingerprint density at radius 3 is 2.59 bits per heavy atom. The van der Waals surface area contributed by atoms with Gasteiger partial charge >= 0.3 is 0 Å². The number of phenolic OH excluding ortho intramolecular Hbond substituents is 1. The standard InChI is InChI=1S/C32H31N3O6/c1-21-5-3-6-22(17-21)19-41-25-10-7-23(8-11-25)30(37)28-29(24-9-12-26(36)27(18-24)40-2)35(32(39)31(28)38)15-4-14-34-16-13-33-20-34/h3,5-13,16-18,20,29H,4,14-15,19H2,1-2H3,(H2,36,37,38)/p+1. The zero-order chi connectivity index (χ0) is 28.9. The average Bonchev–Trinajstić information content (AvgIpc) is 3.59. The van der Waals surface area contributed by atoms with Crippen LogP contribution < -0.4 is 14.0 Å². The first kappa shape index (κ1) is 27.5. The molecule has 1 saturated heterocycles. The fraction of sp³-hybridized carbons (Fsp3) is 0.219. The number of amides is 1. The fourth-order valence-electron chi connectivity index (χ4n) is 5.04. The van der Waals surface area contributed by atoms with Crippen molar-refractivity contribution in [3.63, 3.8) is 0 Å². The summed E-state index contributed by atoms with van der Waals surface area (Å²) < 4.78 is 13.1. The van der Waals surface area contributed by atoms with Gasteiger partial charge in [-0.2, -0.15) is 0 Å². The number of H-pyrrole nitrogens is 1. The summed E-state index contributed by atoms with van der Waals surface area (Å²) in [6.45, 7) is 3.32. The summed E-state index contributed by atoms with van der Waals surface area (Å²) in [5.41, 5.74) is 3.07. The predicted octanol–water partition coefficient (Wildman–Crippen LogP) is 4.42. The number of phenols is 1. The van der Waals surface area contributed by atoms with Gasteiger partial charge in [-0.15, -0.1) is 0 Å². The number of methoxy groups -OCH3 is 1. The number of aromatic hydroxyl groups is 1. The van der Waals surface area contributed by atoms with Crippen molar-refractivity contribution in [3.05, 3.63) is 113 Å². The maximum absolute atomic E-state index is 13.4. The molecule has 0 spiro atoms. The number of ketones is 1. The maximum atomic E-state index is 13.4. The lowest BCUT2D eigenvalue weighted by Crippen LogP contribution is -2.36. The van der Waals surface area contributed by atoms with E-state index in [1.165, 1.54) is 18.1 Å². The number of aliphatic hydroxyl groups is 1. The van der Waals surface area contributed by atoms with Gasteiger partial charge in [-0.3, -0.25) is 14.6 Å². The SMILES string of the molecule is COc1cc(C2C(=C(O)c3ccc(OCc4cccc(C)c4)cc3)C(=O)C(=O)N2CCC[n+]2cc[nH]c2)ccc1O. The number of nitrogens with one attached hydrogen (secondary N) is 1. The number of Topliss-reactive ketones (excluding diaryl/α,β-unsaturated/α-hetero) is 1. The molecule has 1 aromatic heterocycles. The van der Waals surface area contributed by atoms with E-state index in [0.29, 0.717) is 36.4 Å². The van der Waals surface area contributed by atoms with Crippen molar-refractivity contribution in [1.29, 1.82) is 0 Å². The Labute approximate surface area is 237 Å². The zero-order valence-corrected chi connectivity index (χ0v) is 22.9. The molecule has 5 rings (SSSR count). The smallest absolute Gasteiger partial charge is 0.295 e. The first-order valence-corrected chi connectivity index (χ1v) is 13.3. The van der Waals surface area contributed by atoms with Crippen molar-refractivity contribution < 1.29 is 33.8 Å². The molecule has 1 atom stereocenters. The van der Waals surface area contributed by atoms with Gasteiger partial charge in [0.1, 0.15) is 30.5 Å². The molecule has 9 nitrogen and oxygen atoms in total. The number of carbonyl (C=O) groups excluding carboxylic acids is 2. The highest BCUT2D eigenvalue weighted by Crippen LogP contribution is 2.42. The lowest BCUT2D eigenvalue weighted by molar-refractivity contribution is -0.695. The molecule has 2 heterocycles. The van der Waals surface area contributed by atoms with Crippen LogP contribution in [0, 0.1) is 6.92 Å². The van der Waals surface area contributed by atoms with Crippen molar-refractivity contribution in [2.75, 3.05) is 13.7 Å². The van der Waals surface area contributed by atoms with Gasteiger partial charge in [0.15, 0.2) is 11.5 Å². The van der Waals surface area contributed by atoms with Gasteiger partial charge in [-0.05, 0) is 54.4 Å². The highest BCUT2D eigenvalue weighted by atomic mass is 16.5. The molecule has 1 unspecified atom stereocenters. The van der Waals surface area contributed by atoms with Crippen molar-refractivity contribution in [2.45, 2.75) is 32.5 Å². The molecule has 3 N–H and O–H groups in total. The van der Waals surface area contributed by atoms with Gasteiger partial charge in [-0.1, -0.05) is 35.9 Å². The normalized spacial score (nSPS) is 16.2. The average molecular weight is 555 g/mol. The third kappa shape index (κ3) is 5.94. The van der Waals surface area contributed by atoms with Crippen LogP contribution in [0.4, 0.5) is 0 Å². The number of aryl methyl sites for hydroxylation is 2. The minimum atomic E-state index is -0.863. The molecule has 0 radical (unpaired) electrons. The molecule has 1 fully saturated rings. The number of carbonyl (C=O) groups is 2. The third-order valence-corrected chi connectivity index (χ3v) is 7.09. The summed E-state index contributed by atoms with van der Waals surface area (Å²) in [5, 5.41) is 21.5. The Kier molecular flexibility index (Phi) is 8.05. The molecule has 4 aromatic rings. The second-order valence-electron chi connectivity index (χ2n) is 9.93.